The minimum absolute atomic E-state index is 0.749. The summed E-state index contributed by atoms with van der Waals surface area (Å²) in [4.78, 5) is 0. The van der Waals surface area contributed by atoms with Gasteiger partial charge in [-0.3, -0.25) is 0 Å². The van der Waals surface area contributed by atoms with Crippen molar-refractivity contribution < 1.29 is 0 Å². The van der Waals surface area contributed by atoms with E-state index in [0.717, 1.165) is 18.4 Å². The van der Waals surface area contributed by atoms with E-state index in [0.29, 0.717) is 0 Å². The van der Waals surface area contributed by atoms with Crippen molar-refractivity contribution >= 4 is 0 Å². The summed E-state index contributed by atoms with van der Waals surface area (Å²) in [5.74, 6) is 1.85. The fourth-order valence-electron chi connectivity index (χ4n) is 1.28. The van der Waals surface area contributed by atoms with E-state index in [-0.39, 0.29) is 0 Å². The van der Waals surface area contributed by atoms with Crippen LogP contribution in [0.25, 0.3) is 0 Å². The van der Waals surface area contributed by atoms with Crippen LogP contribution < -0.4 is 5.73 Å². The molecule has 0 heterocycles. The molecule has 1 unspecified atom stereocenters. The zero-order valence-corrected chi connectivity index (χ0v) is 6.97. The van der Waals surface area contributed by atoms with E-state index in [1.807, 2.05) is 0 Å². The third-order valence-corrected chi connectivity index (χ3v) is 2.41. The van der Waals surface area contributed by atoms with Gasteiger partial charge in [-0.1, -0.05) is 32.6 Å². The van der Waals surface area contributed by atoms with Gasteiger partial charge >= 0.3 is 0 Å². The fourth-order valence-corrected chi connectivity index (χ4v) is 1.28. The third-order valence-electron chi connectivity index (χ3n) is 2.41. The molecule has 0 radical (unpaired) electrons. The van der Waals surface area contributed by atoms with Crippen LogP contribution in [-0.2, 0) is 0 Å². The SMILES string of the molecule is CC(CN)CCCC1CC1. The molecule has 1 heteroatoms. The summed E-state index contributed by atoms with van der Waals surface area (Å²) in [5.41, 5.74) is 5.50. The maximum absolute atomic E-state index is 5.50. The molecular formula is C9H19N. The van der Waals surface area contributed by atoms with Crippen LogP contribution in [-0.4, -0.2) is 6.54 Å². The Morgan fingerprint density at radius 2 is 2.20 bits per heavy atom. The van der Waals surface area contributed by atoms with E-state index < -0.39 is 0 Å². The Balaban J connectivity index is 1.83. The third kappa shape index (κ3) is 3.21. The summed E-state index contributed by atoms with van der Waals surface area (Å²) in [5, 5.41) is 0. The van der Waals surface area contributed by atoms with Crippen molar-refractivity contribution in [2.45, 2.75) is 39.0 Å². The maximum Gasteiger partial charge on any atom is -0.00515 e. The molecule has 0 bridgehead atoms. The Bertz CT molecular complexity index is 86.7. The lowest BCUT2D eigenvalue weighted by atomic mass is 10.0. The lowest BCUT2D eigenvalue weighted by Crippen LogP contribution is -2.10. The molecule has 1 atom stereocenters. The second-order valence-electron chi connectivity index (χ2n) is 3.72. The molecule has 0 amide bonds. The lowest BCUT2D eigenvalue weighted by Gasteiger charge is -2.06. The first-order chi connectivity index (χ1) is 4.83. The molecule has 0 aromatic rings. The highest BCUT2D eigenvalue weighted by atomic mass is 14.5. The van der Waals surface area contributed by atoms with Crippen LogP contribution in [0.5, 0.6) is 0 Å². The van der Waals surface area contributed by atoms with Gasteiger partial charge in [0.15, 0.2) is 0 Å². The van der Waals surface area contributed by atoms with Crippen molar-refractivity contribution in [3.63, 3.8) is 0 Å². The van der Waals surface area contributed by atoms with Gasteiger partial charge in [0.25, 0.3) is 0 Å². The van der Waals surface area contributed by atoms with Crippen molar-refractivity contribution in [3.05, 3.63) is 0 Å². The molecule has 0 aromatic carbocycles. The van der Waals surface area contributed by atoms with Crippen LogP contribution >= 0.6 is 0 Å². The van der Waals surface area contributed by atoms with Crippen molar-refractivity contribution in [2.75, 3.05) is 6.54 Å². The normalized spacial score (nSPS) is 21.0. The van der Waals surface area contributed by atoms with Gasteiger partial charge in [0.2, 0.25) is 0 Å². The molecular weight excluding hydrogens is 122 g/mol. The lowest BCUT2D eigenvalue weighted by molar-refractivity contribution is 0.494. The van der Waals surface area contributed by atoms with Gasteiger partial charge < -0.3 is 5.73 Å². The smallest absolute Gasteiger partial charge is 0.00515 e. The predicted octanol–water partition coefficient (Wildman–Crippen LogP) is 2.16. The van der Waals surface area contributed by atoms with Crippen LogP contribution in [0.15, 0.2) is 0 Å². The van der Waals surface area contributed by atoms with Crippen LogP contribution in [0.2, 0.25) is 0 Å². The van der Waals surface area contributed by atoms with E-state index in [1.54, 1.807) is 0 Å². The average molecular weight is 141 g/mol. The first-order valence-corrected chi connectivity index (χ1v) is 4.53. The minimum atomic E-state index is 0.749. The van der Waals surface area contributed by atoms with Gasteiger partial charge in [0.05, 0.1) is 0 Å². The molecule has 1 nitrogen and oxygen atoms in total. The summed E-state index contributed by atoms with van der Waals surface area (Å²) in [6.07, 6.45) is 7.20. The Morgan fingerprint density at radius 3 is 2.70 bits per heavy atom. The standard InChI is InChI=1S/C9H19N/c1-8(7-10)3-2-4-9-5-6-9/h8-9H,2-7,10H2,1H3. The summed E-state index contributed by atoms with van der Waals surface area (Å²) >= 11 is 0. The molecule has 1 aliphatic carbocycles. The van der Waals surface area contributed by atoms with Crippen LogP contribution in [0, 0.1) is 11.8 Å². The fraction of sp³-hybridized carbons (Fsp3) is 1.00. The summed E-state index contributed by atoms with van der Waals surface area (Å²) in [6.45, 7) is 3.11. The molecule has 0 saturated heterocycles. The summed E-state index contributed by atoms with van der Waals surface area (Å²) < 4.78 is 0. The van der Waals surface area contributed by atoms with Crippen LogP contribution in [0.4, 0.5) is 0 Å². The maximum atomic E-state index is 5.50. The Morgan fingerprint density at radius 1 is 1.50 bits per heavy atom. The van der Waals surface area contributed by atoms with Crippen LogP contribution in [0.1, 0.15) is 39.0 Å². The molecule has 10 heavy (non-hydrogen) atoms. The average Bonchev–Trinajstić information content (AvgIpc) is 2.71. The summed E-state index contributed by atoms with van der Waals surface area (Å²) in [7, 11) is 0. The molecule has 0 aliphatic heterocycles. The Hall–Kier alpha value is -0.0400. The van der Waals surface area contributed by atoms with Crippen molar-refractivity contribution in [3.8, 4) is 0 Å². The zero-order valence-electron chi connectivity index (χ0n) is 6.97. The van der Waals surface area contributed by atoms with Crippen molar-refractivity contribution in [1.29, 1.82) is 0 Å². The van der Waals surface area contributed by atoms with E-state index >= 15 is 0 Å². The molecule has 1 fully saturated rings. The molecule has 60 valence electrons. The van der Waals surface area contributed by atoms with E-state index in [4.69, 9.17) is 5.73 Å². The largest absolute Gasteiger partial charge is 0.330 e. The van der Waals surface area contributed by atoms with Gasteiger partial charge in [-0.2, -0.15) is 0 Å². The van der Waals surface area contributed by atoms with Crippen LogP contribution in [0.3, 0.4) is 0 Å². The Kier molecular flexibility index (Phi) is 3.20. The van der Waals surface area contributed by atoms with E-state index in [2.05, 4.69) is 6.92 Å². The summed E-state index contributed by atoms with van der Waals surface area (Å²) in [6, 6.07) is 0. The van der Waals surface area contributed by atoms with Crippen molar-refractivity contribution in [1.82, 2.24) is 0 Å². The highest BCUT2D eigenvalue weighted by Crippen LogP contribution is 2.34. The highest BCUT2D eigenvalue weighted by molar-refractivity contribution is 4.72. The van der Waals surface area contributed by atoms with Gasteiger partial charge in [-0.05, 0) is 24.8 Å². The number of rotatable bonds is 5. The van der Waals surface area contributed by atoms with Gasteiger partial charge in [-0.15, -0.1) is 0 Å². The predicted molar refractivity (Wildman–Crippen MR) is 44.8 cm³/mol. The number of hydrogen-bond donors (Lipinski definition) is 1. The topological polar surface area (TPSA) is 26.0 Å². The molecule has 1 rings (SSSR count). The Labute approximate surface area is 64.0 Å². The monoisotopic (exact) mass is 141 g/mol. The second-order valence-corrected chi connectivity index (χ2v) is 3.72. The van der Waals surface area contributed by atoms with E-state index in [9.17, 15) is 0 Å². The second kappa shape index (κ2) is 3.97. The molecule has 1 aliphatic rings. The molecule has 0 spiro atoms. The zero-order chi connectivity index (χ0) is 7.40. The number of hydrogen-bond acceptors (Lipinski definition) is 1. The van der Waals surface area contributed by atoms with Crippen molar-refractivity contribution in [2.24, 2.45) is 17.6 Å². The first kappa shape index (κ1) is 8.06. The quantitative estimate of drug-likeness (QED) is 0.624. The molecule has 2 N–H and O–H groups in total. The van der Waals surface area contributed by atoms with Gasteiger partial charge in [0, 0.05) is 0 Å². The first-order valence-electron chi connectivity index (χ1n) is 4.53. The van der Waals surface area contributed by atoms with E-state index in [1.165, 1.54) is 32.1 Å². The van der Waals surface area contributed by atoms with Gasteiger partial charge in [-0.25, -0.2) is 0 Å². The molecule has 0 aromatic heterocycles. The minimum Gasteiger partial charge on any atom is -0.330 e. The number of nitrogens with two attached hydrogens (primary N) is 1. The highest BCUT2D eigenvalue weighted by Gasteiger charge is 2.20. The molecule has 1 saturated carbocycles. The van der Waals surface area contributed by atoms with Gasteiger partial charge in [0.1, 0.15) is 0 Å².